The SMILES string of the molecule is COc1ccc(CN(Cc2cccc3ccccc23)C(=O)CC2CCCCC2)cc1. The first kappa shape index (κ1) is 20.5. The Balaban J connectivity index is 1.57. The van der Waals surface area contributed by atoms with Crippen molar-refractivity contribution in [3.05, 3.63) is 77.9 Å². The lowest BCUT2D eigenvalue weighted by molar-refractivity contribution is -0.133. The van der Waals surface area contributed by atoms with E-state index in [0.29, 0.717) is 25.4 Å². The first-order valence-electron chi connectivity index (χ1n) is 11.1. The van der Waals surface area contributed by atoms with Crippen LogP contribution >= 0.6 is 0 Å². The smallest absolute Gasteiger partial charge is 0.223 e. The van der Waals surface area contributed by atoms with Gasteiger partial charge in [0.05, 0.1) is 7.11 Å². The van der Waals surface area contributed by atoms with Crippen molar-refractivity contribution in [3.63, 3.8) is 0 Å². The van der Waals surface area contributed by atoms with Crippen LogP contribution in [-0.2, 0) is 17.9 Å². The Morgan fingerprint density at radius 1 is 0.900 bits per heavy atom. The molecular formula is C27H31NO2. The lowest BCUT2D eigenvalue weighted by Crippen LogP contribution is -2.32. The van der Waals surface area contributed by atoms with Gasteiger partial charge in [0.25, 0.3) is 0 Å². The fourth-order valence-electron chi connectivity index (χ4n) is 4.59. The van der Waals surface area contributed by atoms with Crippen LogP contribution < -0.4 is 4.74 Å². The summed E-state index contributed by atoms with van der Waals surface area (Å²) in [6.07, 6.45) is 6.89. The maximum absolute atomic E-state index is 13.4. The zero-order chi connectivity index (χ0) is 20.8. The molecule has 1 aliphatic carbocycles. The molecule has 1 saturated carbocycles. The van der Waals surface area contributed by atoms with Crippen molar-refractivity contribution >= 4 is 16.7 Å². The summed E-state index contributed by atoms with van der Waals surface area (Å²) < 4.78 is 5.29. The molecule has 1 aliphatic rings. The van der Waals surface area contributed by atoms with E-state index < -0.39 is 0 Å². The molecule has 1 fully saturated rings. The zero-order valence-corrected chi connectivity index (χ0v) is 17.8. The number of nitrogens with zero attached hydrogens (tertiary/aromatic N) is 1. The fourth-order valence-corrected chi connectivity index (χ4v) is 4.59. The van der Waals surface area contributed by atoms with Crippen LogP contribution in [0, 0.1) is 5.92 Å². The Labute approximate surface area is 179 Å². The van der Waals surface area contributed by atoms with Crippen molar-refractivity contribution in [2.45, 2.75) is 51.6 Å². The number of amides is 1. The Bertz CT molecular complexity index is 968. The molecule has 0 saturated heterocycles. The molecular weight excluding hydrogens is 370 g/mol. The summed E-state index contributed by atoms with van der Waals surface area (Å²) in [6.45, 7) is 1.26. The van der Waals surface area contributed by atoms with Gasteiger partial charge in [-0.15, -0.1) is 0 Å². The number of ether oxygens (including phenoxy) is 1. The topological polar surface area (TPSA) is 29.5 Å². The van der Waals surface area contributed by atoms with Gasteiger partial charge >= 0.3 is 0 Å². The Morgan fingerprint density at radius 3 is 2.40 bits per heavy atom. The van der Waals surface area contributed by atoms with Crippen LogP contribution in [0.5, 0.6) is 5.75 Å². The maximum atomic E-state index is 13.4. The molecule has 0 unspecified atom stereocenters. The van der Waals surface area contributed by atoms with E-state index in [-0.39, 0.29) is 5.91 Å². The minimum Gasteiger partial charge on any atom is -0.497 e. The van der Waals surface area contributed by atoms with E-state index in [1.54, 1.807) is 7.11 Å². The molecule has 3 aromatic rings. The van der Waals surface area contributed by atoms with Crippen LogP contribution in [0.4, 0.5) is 0 Å². The van der Waals surface area contributed by atoms with E-state index in [9.17, 15) is 4.79 Å². The van der Waals surface area contributed by atoms with E-state index in [1.165, 1.54) is 48.4 Å². The van der Waals surface area contributed by atoms with Gasteiger partial charge in [0.15, 0.2) is 0 Å². The highest BCUT2D eigenvalue weighted by molar-refractivity contribution is 5.86. The minimum atomic E-state index is 0.269. The van der Waals surface area contributed by atoms with Gasteiger partial charge in [-0.2, -0.15) is 0 Å². The summed E-state index contributed by atoms with van der Waals surface area (Å²) >= 11 is 0. The molecule has 4 rings (SSSR count). The second kappa shape index (κ2) is 9.80. The maximum Gasteiger partial charge on any atom is 0.223 e. The number of methoxy groups -OCH3 is 1. The second-order valence-electron chi connectivity index (χ2n) is 8.44. The summed E-state index contributed by atoms with van der Waals surface area (Å²) in [5.41, 5.74) is 2.34. The van der Waals surface area contributed by atoms with Gasteiger partial charge in [-0.25, -0.2) is 0 Å². The van der Waals surface area contributed by atoms with Gasteiger partial charge in [0.1, 0.15) is 5.75 Å². The monoisotopic (exact) mass is 401 g/mol. The van der Waals surface area contributed by atoms with Crippen molar-refractivity contribution < 1.29 is 9.53 Å². The highest BCUT2D eigenvalue weighted by atomic mass is 16.5. The van der Waals surface area contributed by atoms with Gasteiger partial charge in [-0.1, -0.05) is 73.9 Å². The van der Waals surface area contributed by atoms with Crippen LogP contribution in [0.15, 0.2) is 66.7 Å². The Hall–Kier alpha value is -2.81. The molecule has 156 valence electrons. The first-order valence-corrected chi connectivity index (χ1v) is 11.1. The standard InChI is InChI=1S/C27H31NO2/c1-30-25-16-14-22(15-17-25)19-28(27(29)18-21-8-3-2-4-9-21)20-24-12-7-11-23-10-5-6-13-26(23)24/h5-7,10-17,21H,2-4,8-9,18-20H2,1H3. The largest absolute Gasteiger partial charge is 0.497 e. The van der Waals surface area contributed by atoms with Crippen LogP contribution in [-0.4, -0.2) is 17.9 Å². The molecule has 1 amide bonds. The van der Waals surface area contributed by atoms with E-state index in [4.69, 9.17) is 4.74 Å². The van der Waals surface area contributed by atoms with Crippen molar-refractivity contribution in [3.8, 4) is 5.75 Å². The molecule has 0 aromatic heterocycles. The normalized spacial score (nSPS) is 14.6. The van der Waals surface area contributed by atoms with Crippen LogP contribution in [0.25, 0.3) is 10.8 Å². The highest BCUT2D eigenvalue weighted by Crippen LogP contribution is 2.28. The molecule has 0 bridgehead atoms. The van der Waals surface area contributed by atoms with Gasteiger partial charge in [-0.3, -0.25) is 4.79 Å². The van der Waals surface area contributed by atoms with E-state index in [1.807, 2.05) is 17.0 Å². The van der Waals surface area contributed by atoms with E-state index in [0.717, 1.165) is 11.3 Å². The molecule has 0 radical (unpaired) electrons. The summed E-state index contributed by atoms with van der Waals surface area (Å²) in [4.78, 5) is 15.4. The number of hydrogen-bond acceptors (Lipinski definition) is 2. The lowest BCUT2D eigenvalue weighted by Gasteiger charge is -2.27. The van der Waals surface area contributed by atoms with Gasteiger partial charge in [0, 0.05) is 19.5 Å². The summed E-state index contributed by atoms with van der Waals surface area (Å²) in [5.74, 6) is 1.65. The fraction of sp³-hybridized carbons (Fsp3) is 0.370. The predicted molar refractivity (Wildman–Crippen MR) is 122 cm³/mol. The second-order valence-corrected chi connectivity index (χ2v) is 8.44. The molecule has 0 atom stereocenters. The first-order chi connectivity index (χ1) is 14.7. The van der Waals surface area contributed by atoms with Gasteiger partial charge in [0.2, 0.25) is 5.91 Å². The average Bonchev–Trinajstić information content (AvgIpc) is 2.80. The zero-order valence-electron chi connectivity index (χ0n) is 17.8. The highest BCUT2D eigenvalue weighted by Gasteiger charge is 2.22. The molecule has 30 heavy (non-hydrogen) atoms. The van der Waals surface area contributed by atoms with Crippen molar-refractivity contribution in [1.29, 1.82) is 0 Å². The molecule has 3 nitrogen and oxygen atoms in total. The molecule has 3 heteroatoms. The van der Waals surface area contributed by atoms with E-state index >= 15 is 0 Å². The molecule has 0 spiro atoms. The van der Waals surface area contributed by atoms with Gasteiger partial charge < -0.3 is 9.64 Å². The summed E-state index contributed by atoms with van der Waals surface area (Å²) in [6, 6.07) is 22.9. The third-order valence-electron chi connectivity index (χ3n) is 6.31. The van der Waals surface area contributed by atoms with Crippen LogP contribution in [0.2, 0.25) is 0 Å². The van der Waals surface area contributed by atoms with Crippen molar-refractivity contribution in [2.24, 2.45) is 5.92 Å². The number of benzene rings is 3. The molecule has 3 aromatic carbocycles. The third kappa shape index (κ3) is 5.02. The summed E-state index contributed by atoms with van der Waals surface area (Å²) in [7, 11) is 1.68. The lowest BCUT2D eigenvalue weighted by atomic mass is 9.86. The number of rotatable bonds is 7. The minimum absolute atomic E-state index is 0.269. The Kier molecular flexibility index (Phi) is 6.68. The molecule has 0 N–H and O–H groups in total. The van der Waals surface area contributed by atoms with Crippen molar-refractivity contribution in [1.82, 2.24) is 4.90 Å². The van der Waals surface area contributed by atoms with Gasteiger partial charge in [-0.05, 0) is 52.8 Å². The number of carbonyl (C=O) groups excluding carboxylic acids is 1. The molecule has 0 aliphatic heterocycles. The number of carbonyl (C=O) groups is 1. The Morgan fingerprint density at radius 2 is 1.63 bits per heavy atom. The quantitative estimate of drug-likeness (QED) is 0.462. The number of hydrogen-bond donors (Lipinski definition) is 0. The van der Waals surface area contributed by atoms with E-state index in [2.05, 4.69) is 54.6 Å². The van der Waals surface area contributed by atoms with Crippen molar-refractivity contribution in [2.75, 3.05) is 7.11 Å². The number of fused-ring (bicyclic) bond motifs is 1. The third-order valence-corrected chi connectivity index (χ3v) is 6.31. The summed E-state index contributed by atoms with van der Waals surface area (Å²) in [5, 5.41) is 2.45. The predicted octanol–water partition coefficient (Wildman–Crippen LogP) is 6.35. The van der Waals surface area contributed by atoms with Crippen LogP contribution in [0.3, 0.4) is 0 Å². The molecule has 0 heterocycles. The average molecular weight is 402 g/mol. The van der Waals surface area contributed by atoms with Crippen LogP contribution in [0.1, 0.15) is 49.7 Å².